The second-order valence-electron chi connectivity index (χ2n) is 8.73. The van der Waals surface area contributed by atoms with Crippen molar-refractivity contribution in [1.82, 2.24) is 5.32 Å². The summed E-state index contributed by atoms with van der Waals surface area (Å²) in [6, 6.07) is 6.94. The number of anilines is 1. The number of amides is 2. The van der Waals surface area contributed by atoms with Crippen LogP contribution in [0.15, 0.2) is 30.3 Å². The van der Waals surface area contributed by atoms with Gasteiger partial charge in [-0.15, -0.1) is 11.3 Å². The minimum absolute atomic E-state index is 0.0333. The predicted molar refractivity (Wildman–Crippen MR) is 131 cm³/mol. The highest BCUT2D eigenvalue weighted by atomic mass is 32.2. The van der Waals surface area contributed by atoms with Gasteiger partial charge in [0.2, 0.25) is 5.91 Å². The van der Waals surface area contributed by atoms with Gasteiger partial charge >= 0.3 is 0 Å². The summed E-state index contributed by atoms with van der Waals surface area (Å²) >= 11 is 1.45. The molecule has 0 radical (unpaired) electrons. The molecule has 2 amide bonds. The molecule has 33 heavy (non-hydrogen) atoms. The fourth-order valence-corrected chi connectivity index (χ4v) is 7.37. The van der Waals surface area contributed by atoms with Crippen LogP contribution in [0.3, 0.4) is 0 Å². The highest BCUT2D eigenvalue weighted by molar-refractivity contribution is 7.91. The Morgan fingerprint density at radius 1 is 1.18 bits per heavy atom. The van der Waals surface area contributed by atoms with Crippen molar-refractivity contribution in [1.29, 1.82) is 0 Å². The molecule has 1 aromatic heterocycles. The van der Waals surface area contributed by atoms with E-state index < -0.39 is 9.84 Å². The summed E-state index contributed by atoms with van der Waals surface area (Å²) in [4.78, 5) is 27.0. The van der Waals surface area contributed by atoms with Crippen LogP contribution in [0.5, 0.6) is 5.75 Å². The number of rotatable bonds is 6. The van der Waals surface area contributed by atoms with E-state index in [1.807, 2.05) is 24.3 Å². The van der Waals surface area contributed by atoms with Gasteiger partial charge in [-0.05, 0) is 60.9 Å². The van der Waals surface area contributed by atoms with Crippen LogP contribution in [-0.2, 0) is 27.5 Å². The summed E-state index contributed by atoms with van der Waals surface area (Å²) in [7, 11) is -1.50. The lowest BCUT2D eigenvalue weighted by Crippen LogP contribution is -2.36. The zero-order valence-electron chi connectivity index (χ0n) is 18.7. The molecule has 0 spiro atoms. The van der Waals surface area contributed by atoms with Crippen LogP contribution in [0, 0.1) is 5.92 Å². The first-order valence-electron chi connectivity index (χ1n) is 11.0. The molecular weight excluding hydrogens is 460 g/mol. The first kappa shape index (κ1) is 23.5. The average molecular weight is 489 g/mol. The number of methoxy groups -OCH3 is 1. The fourth-order valence-electron chi connectivity index (χ4n) is 4.29. The van der Waals surface area contributed by atoms with Crippen molar-refractivity contribution in [2.45, 2.75) is 38.6 Å². The van der Waals surface area contributed by atoms with Gasteiger partial charge < -0.3 is 15.4 Å². The average Bonchev–Trinajstić information content (AvgIpc) is 3.30. The van der Waals surface area contributed by atoms with E-state index in [-0.39, 0.29) is 29.4 Å². The second-order valence-corrected chi connectivity index (χ2v) is 12.1. The Kier molecular flexibility index (Phi) is 6.90. The SMILES string of the molecule is COc1ccc(C=CC(=O)Nc2sc3c(c2C(=O)NC2CCS(=O)(=O)C2)CCC(C)C3)cc1. The molecule has 176 valence electrons. The molecule has 1 aromatic carbocycles. The van der Waals surface area contributed by atoms with Crippen molar-refractivity contribution in [3.63, 3.8) is 0 Å². The quantitative estimate of drug-likeness (QED) is 0.607. The van der Waals surface area contributed by atoms with E-state index in [1.165, 1.54) is 17.4 Å². The first-order valence-corrected chi connectivity index (χ1v) is 13.7. The van der Waals surface area contributed by atoms with E-state index in [2.05, 4.69) is 17.6 Å². The summed E-state index contributed by atoms with van der Waals surface area (Å²) in [6.07, 6.45) is 6.18. The standard InChI is InChI=1S/C24H28N2O5S2/c1-15-3-9-19-20(13-15)32-24(22(19)23(28)25-17-11-12-33(29,30)14-17)26-21(27)10-6-16-4-7-18(31-2)8-5-16/h4-8,10,15,17H,3,9,11-14H2,1-2H3,(H,25,28)(H,26,27). The second kappa shape index (κ2) is 9.69. The maximum absolute atomic E-state index is 13.2. The summed E-state index contributed by atoms with van der Waals surface area (Å²) in [6.45, 7) is 2.18. The van der Waals surface area contributed by atoms with Gasteiger partial charge in [0.1, 0.15) is 10.8 Å². The molecule has 1 aliphatic heterocycles. The van der Waals surface area contributed by atoms with Crippen LogP contribution in [0.2, 0.25) is 0 Å². The maximum atomic E-state index is 13.2. The lowest BCUT2D eigenvalue weighted by atomic mass is 9.88. The molecular formula is C24H28N2O5S2. The highest BCUT2D eigenvalue weighted by Gasteiger charge is 2.32. The molecule has 7 nitrogen and oxygen atoms in total. The number of carbonyl (C=O) groups is 2. The minimum atomic E-state index is -3.10. The molecule has 0 bridgehead atoms. The molecule has 2 N–H and O–H groups in total. The Hall–Kier alpha value is -2.65. The van der Waals surface area contributed by atoms with Crippen molar-refractivity contribution < 1.29 is 22.7 Å². The zero-order valence-corrected chi connectivity index (χ0v) is 20.4. The molecule has 1 saturated heterocycles. The molecule has 2 atom stereocenters. The summed E-state index contributed by atoms with van der Waals surface area (Å²) in [5, 5.41) is 6.30. The maximum Gasteiger partial charge on any atom is 0.254 e. The summed E-state index contributed by atoms with van der Waals surface area (Å²) in [5.41, 5.74) is 2.31. The third-order valence-corrected chi connectivity index (χ3v) is 9.02. The Morgan fingerprint density at radius 2 is 1.94 bits per heavy atom. The van der Waals surface area contributed by atoms with Gasteiger partial charge in [0.25, 0.3) is 5.91 Å². The van der Waals surface area contributed by atoms with E-state index in [9.17, 15) is 18.0 Å². The van der Waals surface area contributed by atoms with E-state index >= 15 is 0 Å². The molecule has 2 aliphatic rings. The topological polar surface area (TPSA) is 102 Å². The molecule has 2 heterocycles. The number of hydrogen-bond donors (Lipinski definition) is 2. The lowest BCUT2D eigenvalue weighted by molar-refractivity contribution is -0.111. The van der Waals surface area contributed by atoms with Crippen LogP contribution < -0.4 is 15.4 Å². The van der Waals surface area contributed by atoms with Crippen molar-refractivity contribution in [3.8, 4) is 5.75 Å². The van der Waals surface area contributed by atoms with E-state index in [1.54, 1.807) is 13.2 Å². The number of nitrogens with one attached hydrogen (secondary N) is 2. The van der Waals surface area contributed by atoms with Gasteiger partial charge in [0.05, 0.1) is 24.2 Å². The third-order valence-electron chi connectivity index (χ3n) is 6.09. The number of sulfone groups is 1. The van der Waals surface area contributed by atoms with Crippen LogP contribution in [0.4, 0.5) is 5.00 Å². The van der Waals surface area contributed by atoms with Gasteiger partial charge in [-0.1, -0.05) is 19.1 Å². The van der Waals surface area contributed by atoms with Crippen molar-refractivity contribution in [2.24, 2.45) is 5.92 Å². The number of benzene rings is 1. The van der Waals surface area contributed by atoms with Crippen molar-refractivity contribution in [2.75, 3.05) is 23.9 Å². The Balaban J connectivity index is 1.53. The van der Waals surface area contributed by atoms with Gasteiger partial charge in [0.15, 0.2) is 9.84 Å². The van der Waals surface area contributed by atoms with E-state index in [4.69, 9.17) is 4.74 Å². The molecule has 9 heteroatoms. The van der Waals surface area contributed by atoms with Crippen molar-refractivity contribution in [3.05, 3.63) is 51.9 Å². The van der Waals surface area contributed by atoms with Gasteiger partial charge in [-0.25, -0.2) is 8.42 Å². The Labute approximate surface area is 198 Å². The monoisotopic (exact) mass is 488 g/mol. The van der Waals surface area contributed by atoms with Gasteiger partial charge in [0, 0.05) is 17.0 Å². The molecule has 0 saturated carbocycles. The van der Waals surface area contributed by atoms with Crippen LogP contribution in [0.25, 0.3) is 6.08 Å². The third kappa shape index (κ3) is 5.65. The molecule has 1 fully saturated rings. The van der Waals surface area contributed by atoms with Crippen LogP contribution in [-0.4, -0.2) is 44.9 Å². The smallest absolute Gasteiger partial charge is 0.254 e. The molecule has 2 unspecified atom stereocenters. The van der Waals surface area contributed by atoms with Crippen LogP contribution >= 0.6 is 11.3 Å². The minimum Gasteiger partial charge on any atom is -0.497 e. The molecule has 2 aromatic rings. The number of ether oxygens (including phenoxy) is 1. The van der Waals surface area contributed by atoms with Crippen LogP contribution in [0.1, 0.15) is 46.1 Å². The van der Waals surface area contributed by atoms with Gasteiger partial charge in [-0.2, -0.15) is 0 Å². The molecule has 1 aliphatic carbocycles. The van der Waals surface area contributed by atoms with Gasteiger partial charge in [-0.3, -0.25) is 9.59 Å². The Bertz CT molecular complexity index is 1180. The largest absolute Gasteiger partial charge is 0.497 e. The van der Waals surface area contributed by atoms with Crippen molar-refractivity contribution >= 4 is 44.1 Å². The zero-order chi connectivity index (χ0) is 23.6. The molecule has 4 rings (SSSR count). The number of carbonyl (C=O) groups excluding carboxylic acids is 2. The fraction of sp³-hybridized carbons (Fsp3) is 0.417. The normalized spacial score (nSPS) is 21.5. The van der Waals surface area contributed by atoms with E-state index in [0.717, 1.165) is 41.0 Å². The number of hydrogen-bond acceptors (Lipinski definition) is 6. The number of fused-ring (bicyclic) bond motifs is 1. The predicted octanol–water partition coefficient (Wildman–Crippen LogP) is 3.45. The highest BCUT2D eigenvalue weighted by Crippen LogP contribution is 2.39. The summed E-state index contributed by atoms with van der Waals surface area (Å²) < 4.78 is 28.7. The number of thiophene rings is 1. The summed E-state index contributed by atoms with van der Waals surface area (Å²) in [5.74, 6) is 0.686. The van der Waals surface area contributed by atoms with E-state index in [0.29, 0.717) is 22.9 Å². The Morgan fingerprint density at radius 3 is 2.61 bits per heavy atom. The lowest BCUT2D eigenvalue weighted by Gasteiger charge is -2.19. The first-order chi connectivity index (χ1) is 15.7.